The molecule has 0 radical (unpaired) electrons. The molecule has 0 aromatic heterocycles. The van der Waals surface area contributed by atoms with Crippen molar-refractivity contribution < 1.29 is 0 Å². The lowest BCUT2D eigenvalue weighted by atomic mass is 9.83. The SMILES string of the molecule is Cc1ccc(Sc2ccc(-c3ccc(C4=C/CC5C=C(c6ccc(C)cc6)C=C(/C=C\4)C5)cc3)cc2)cc1. The van der Waals surface area contributed by atoms with Gasteiger partial charge in [-0.15, -0.1) is 0 Å². The maximum atomic E-state index is 2.46. The maximum absolute atomic E-state index is 2.46. The van der Waals surface area contributed by atoms with E-state index in [2.05, 4.69) is 141 Å². The maximum Gasteiger partial charge on any atom is 0.0122 e. The summed E-state index contributed by atoms with van der Waals surface area (Å²) in [7, 11) is 0. The van der Waals surface area contributed by atoms with Crippen molar-refractivity contribution in [2.24, 2.45) is 5.92 Å². The van der Waals surface area contributed by atoms with E-state index in [0.29, 0.717) is 5.92 Å². The Labute approximate surface area is 231 Å². The van der Waals surface area contributed by atoms with E-state index in [1.165, 1.54) is 59.9 Å². The first-order valence-electron chi connectivity index (χ1n) is 13.4. The zero-order chi connectivity index (χ0) is 25.9. The van der Waals surface area contributed by atoms with Crippen molar-refractivity contribution in [2.45, 2.75) is 36.5 Å². The minimum atomic E-state index is 0.543. The van der Waals surface area contributed by atoms with Crippen LogP contribution in [0.4, 0.5) is 0 Å². The van der Waals surface area contributed by atoms with Crippen molar-refractivity contribution in [3.05, 3.63) is 155 Å². The van der Waals surface area contributed by atoms with Gasteiger partial charge in [-0.05, 0) is 95.8 Å². The fraction of sp³-hybridized carbons (Fsp3) is 0.135. The molecule has 0 nitrogen and oxygen atoms in total. The quantitative estimate of drug-likeness (QED) is 0.258. The van der Waals surface area contributed by atoms with E-state index in [4.69, 9.17) is 0 Å². The Bertz CT molecular complexity index is 1540. The van der Waals surface area contributed by atoms with E-state index in [1.54, 1.807) is 0 Å². The third-order valence-corrected chi connectivity index (χ3v) is 8.43. The number of fused-ring (bicyclic) bond motifs is 2. The molecule has 0 spiro atoms. The molecule has 6 rings (SSSR count). The predicted octanol–water partition coefficient (Wildman–Crippen LogP) is 10.5. The van der Waals surface area contributed by atoms with Crippen LogP contribution in [0.2, 0.25) is 0 Å². The van der Waals surface area contributed by atoms with E-state index >= 15 is 0 Å². The number of hydrogen-bond donors (Lipinski definition) is 0. The van der Waals surface area contributed by atoms with E-state index in [9.17, 15) is 0 Å². The topological polar surface area (TPSA) is 0 Å². The van der Waals surface area contributed by atoms with E-state index in [-0.39, 0.29) is 0 Å². The average Bonchev–Trinajstić information content (AvgIpc) is 2.94. The largest absolute Gasteiger partial charge is 0.0901 e. The highest BCUT2D eigenvalue weighted by Crippen LogP contribution is 2.35. The highest BCUT2D eigenvalue weighted by molar-refractivity contribution is 7.99. The lowest BCUT2D eigenvalue weighted by Crippen LogP contribution is -2.05. The Morgan fingerprint density at radius 2 is 1.05 bits per heavy atom. The van der Waals surface area contributed by atoms with Gasteiger partial charge in [0.05, 0.1) is 0 Å². The van der Waals surface area contributed by atoms with Gasteiger partial charge in [0.15, 0.2) is 0 Å². The summed E-state index contributed by atoms with van der Waals surface area (Å²) in [6.07, 6.45) is 14.0. The monoisotopic (exact) mass is 508 g/mol. The van der Waals surface area contributed by atoms with Gasteiger partial charge in [0, 0.05) is 9.79 Å². The summed E-state index contributed by atoms with van der Waals surface area (Å²) < 4.78 is 0. The summed E-state index contributed by atoms with van der Waals surface area (Å²) >= 11 is 1.81. The zero-order valence-corrected chi connectivity index (χ0v) is 22.8. The van der Waals surface area contributed by atoms with E-state index in [0.717, 1.165) is 12.8 Å². The molecule has 2 bridgehead atoms. The minimum absolute atomic E-state index is 0.543. The first-order chi connectivity index (χ1) is 18.6. The summed E-state index contributed by atoms with van der Waals surface area (Å²) in [5.74, 6) is 0.543. The fourth-order valence-electron chi connectivity index (χ4n) is 5.19. The van der Waals surface area contributed by atoms with Crippen molar-refractivity contribution in [3.8, 4) is 11.1 Å². The van der Waals surface area contributed by atoms with Crippen LogP contribution < -0.4 is 0 Å². The van der Waals surface area contributed by atoms with Gasteiger partial charge in [-0.3, -0.25) is 0 Å². The van der Waals surface area contributed by atoms with Crippen LogP contribution in [-0.4, -0.2) is 0 Å². The Morgan fingerprint density at radius 3 is 1.71 bits per heavy atom. The second-order valence-corrected chi connectivity index (χ2v) is 11.6. The molecule has 2 aliphatic carbocycles. The molecule has 0 saturated heterocycles. The van der Waals surface area contributed by atoms with Crippen LogP contribution in [0.5, 0.6) is 0 Å². The van der Waals surface area contributed by atoms with Crippen LogP contribution in [0, 0.1) is 19.8 Å². The Hall–Kier alpha value is -3.81. The van der Waals surface area contributed by atoms with Crippen molar-refractivity contribution >= 4 is 22.9 Å². The van der Waals surface area contributed by atoms with Gasteiger partial charge in [-0.25, -0.2) is 0 Å². The predicted molar refractivity (Wildman–Crippen MR) is 164 cm³/mol. The normalized spacial score (nSPS) is 18.9. The first-order valence-corrected chi connectivity index (χ1v) is 14.2. The van der Waals surface area contributed by atoms with Crippen LogP contribution in [-0.2, 0) is 0 Å². The number of allylic oxidation sites excluding steroid dienone is 8. The van der Waals surface area contributed by atoms with Gasteiger partial charge in [-0.2, -0.15) is 0 Å². The molecule has 0 N–H and O–H groups in total. The van der Waals surface area contributed by atoms with Crippen LogP contribution >= 0.6 is 11.8 Å². The second-order valence-electron chi connectivity index (χ2n) is 10.4. The Kier molecular flexibility index (Phi) is 7.03. The molecule has 0 aliphatic heterocycles. The third kappa shape index (κ3) is 5.69. The molecule has 4 aromatic carbocycles. The molecule has 4 aromatic rings. The molecule has 186 valence electrons. The molecule has 38 heavy (non-hydrogen) atoms. The summed E-state index contributed by atoms with van der Waals surface area (Å²) in [6, 6.07) is 35.5. The summed E-state index contributed by atoms with van der Waals surface area (Å²) in [4.78, 5) is 2.54. The molecule has 0 saturated carbocycles. The molecule has 0 fully saturated rings. The fourth-order valence-corrected chi connectivity index (χ4v) is 6.00. The van der Waals surface area contributed by atoms with E-state index in [1.807, 2.05) is 11.8 Å². The van der Waals surface area contributed by atoms with Crippen molar-refractivity contribution in [1.29, 1.82) is 0 Å². The lowest BCUT2D eigenvalue weighted by molar-refractivity contribution is 0.656. The van der Waals surface area contributed by atoms with Crippen molar-refractivity contribution in [2.75, 3.05) is 0 Å². The second kappa shape index (κ2) is 10.9. The average molecular weight is 509 g/mol. The zero-order valence-electron chi connectivity index (χ0n) is 22.0. The van der Waals surface area contributed by atoms with Crippen LogP contribution in [0.1, 0.15) is 35.1 Å². The molecular weight excluding hydrogens is 476 g/mol. The molecule has 1 unspecified atom stereocenters. The summed E-state index contributed by atoms with van der Waals surface area (Å²) in [5, 5.41) is 0. The smallest absolute Gasteiger partial charge is 0.0122 e. The van der Waals surface area contributed by atoms with Gasteiger partial charge < -0.3 is 0 Å². The summed E-state index contributed by atoms with van der Waals surface area (Å²) in [5.41, 5.74) is 11.8. The highest BCUT2D eigenvalue weighted by atomic mass is 32.2. The number of rotatable bonds is 5. The number of benzene rings is 4. The Balaban J connectivity index is 1.16. The van der Waals surface area contributed by atoms with E-state index < -0.39 is 0 Å². The standard InChI is InChI=1S/C37H32S/c1-26-3-9-34(10-4-26)35-24-28-7-11-30(12-8-29(23-28)25-35)31-13-15-32(16-14-31)33-17-21-37(22-18-33)38-36-19-5-27(2)6-20-36/h3-7,9-22,24-25,29H,8,23H2,1-2H3/b11-7-,30-12+. The number of aryl methyl sites for hydroxylation is 2. The molecule has 0 heterocycles. The molecule has 1 heteroatoms. The van der Waals surface area contributed by atoms with Gasteiger partial charge in [-0.1, -0.05) is 126 Å². The van der Waals surface area contributed by atoms with Gasteiger partial charge in [0.1, 0.15) is 0 Å². The molecule has 2 aliphatic rings. The van der Waals surface area contributed by atoms with Crippen molar-refractivity contribution in [3.63, 3.8) is 0 Å². The van der Waals surface area contributed by atoms with Gasteiger partial charge in [0.25, 0.3) is 0 Å². The Morgan fingerprint density at radius 1 is 0.553 bits per heavy atom. The lowest BCUT2D eigenvalue weighted by Gasteiger charge is -2.22. The van der Waals surface area contributed by atoms with Gasteiger partial charge >= 0.3 is 0 Å². The minimum Gasteiger partial charge on any atom is -0.0901 e. The molecule has 0 amide bonds. The highest BCUT2D eigenvalue weighted by Gasteiger charge is 2.16. The van der Waals surface area contributed by atoms with Crippen molar-refractivity contribution in [1.82, 2.24) is 0 Å². The van der Waals surface area contributed by atoms with Gasteiger partial charge in [0.2, 0.25) is 0 Å². The number of hydrogen-bond acceptors (Lipinski definition) is 1. The van der Waals surface area contributed by atoms with Crippen LogP contribution in [0.25, 0.3) is 22.3 Å². The third-order valence-electron chi connectivity index (χ3n) is 7.42. The summed E-state index contributed by atoms with van der Waals surface area (Å²) in [6.45, 7) is 4.27. The molecular formula is C37H32S. The first kappa shape index (κ1) is 24.5. The van der Waals surface area contributed by atoms with Crippen LogP contribution in [0.3, 0.4) is 0 Å². The molecule has 1 atom stereocenters. The van der Waals surface area contributed by atoms with Crippen LogP contribution in [0.15, 0.2) is 143 Å².